The van der Waals surface area contributed by atoms with Crippen LogP contribution >= 0.6 is 0 Å². The lowest BCUT2D eigenvalue weighted by Crippen LogP contribution is -2.38. The van der Waals surface area contributed by atoms with Crippen LogP contribution in [0, 0.1) is 5.92 Å². The number of alkyl halides is 6. The summed E-state index contributed by atoms with van der Waals surface area (Å²) in [5, 5.41) is 4.58. The van der Waals surface area contributed by atoms with Crippen LogP contribution in [0.5, 0.6) is 0 Å². The number of benzene rings is 1. The number of nitrogens with zero attached hydrogens (tertiary/aromatic N) is 2. The molecule has 33 heavy (non-hydrogen) atoms. The minimum absolute atomic E-state index is 0.0508. The fraction of sp³-hybridized carbons (Fsp3) is 0.381. The van der Waals surface area contributed by atoms with Crippen molar-refractivity contribution in [1.29, 1.82) is 0 Å². The predicted molar refractivity (Wildman–Crippen MR) is 109 cm³/mol. The average molecular weight is 474 g/mol. The molecule has 1 aliphatic heterocycles. The number of hydrogen-bond acceptors (Lipinski definition) is 4. The van der Waals surface area contributed by atoms with Crippen LogP contribution in [-0.4, -0.2) is 29.9 Å². The van der Waals surface area contributed by atoms with Crippen molar-refractivity contribution < 1.29 is 35.9 Å². The van der Waals surface area contributed by atoms with Crippen molar-refractivity contribution in [1.82, 2.24) is 4.98 Å². The number of rotatable bonds is 4. The van der Waals surface area contributed by atoms with E-state index in [0.29, 0.717) is 31.7 Å². The van der Waals surface area contributed by atoms with Crippen LogP contribution in [0.1, 0.15) is 30.9 Å². The summed E-state index contributed by atoms with van der Waals surface area (Å²) in [6, 6.07) is 5.24. The summed E-state index contributed by atoms with van der Waals surface area (Å²) >= 11 is 0. The minimum atomic E-state index is -4.76. The van der Waals surface area contributed by atoms with E-state index in [9.17, 15) is 35.9 Å². The fourth-order valence-corrected chi connectivity index (χ4v) is 3.52. The van der Waals surface area contributed by atoms with E-state index in [1.807, 2.05) is 0 Å². The molecule has 178 valence electrons. The molecule has 1 saturated heterocycles. The zero-order valence-electron chi connectivity index (χ0n) is 17.3. The molecule has 6 nitrogen and oxygen atoms in total. The molecule has 0 bridgehead atoms. The Morgan fingerprint density at radius 1 is 0.970 bits per heavy atom. The number of amides is 2. The first kappa shape index (κ1) is 24.3. The van der Waals surface area contributed by atoms with Gasteiger partial charge in [-0.2, -0.15) is 26.3 Å². The van der Waals surface area contributed by atoms with E-state index in [4.69, 9.17) is 0 Å². The number of carbonyl (C=O) groups excluding carboxylic acids is 2. The molecular formula is C21H20F6N4O2. The lowest BCUT2D eigenvalue weighted by atomic mass is 9.95. The van der Waals surface area contributed by atoms with Gasteiger partial charge in [-0.25, -0.2) is 4.98 Å². The van der Waals surface area contributed by atoms with Crippen LogP contribution in [0.15, 0.2) is 36.5 Å². The van der Waals surface area contributed by atoms with Crippen molar-refractivity contribution in [2.75, 3.05) is 28.6 Å². The standard InChI is InChI=1S/C21H20F6N4O2/c1-12(32)29-15-3-4-17(16(10-15)21(25,26)27)30-19(33)13-6-8-31(9-7-13)18-5-2-14(11-28-18)20(22,23)24/h2-5,10-11,13H,6-9H2,1H3,(H,29,32)(H,30,33). The van der Waals surface area contributed by atoms with Gasteiger partial charge < -0.3 is 15.5 Å². The van der Waals surface area contributed by atoms with Crippen molar-refractivity contribution in [2.24, 2.45) is 5.92 Å². The Morgan fingerprint density at radius 2 is 1.64 bits per heavy atom. The maximum atomic E-state index is 13.5. The second-order valence-electron chi connectivity index (χ2n) is 7.59. The van der Waals surface area contributed by atoms with Crippen molar-refractivity contribution in [3.05, 3.63) is 47.7 Å². The Kier molecular flexibility index (Phi) is 6.84. The minimum Gasteiger partial charge on any atom is -0.357 e. The molecule has 12 heteroatoms. The molecule has 3 rings (SSSR count). The highest BCUT2D eigenvalue weighted by molar-refractivity contribution is 5.94. The summed E-state index contributed by atoms with van der Waals surface area (Å²) in [6.07, 6.45) is -7.93. The summed E-state index contributed by atoms with van der Waals surface area (Å²) in [5.74, 6) is -1.37. The van der Waals surface area contributed by atoms with E-state index in [2.05, 4.69) is 15.6 Å². The molecule has 0 aliphatic carbocycles. The van der Waals surface area contributed by atoms with Gasteiger partial charge in [0.05, 0.1) is 16.8 Å². The van der Waals surface area contributed by atoms with E-state index in [1.165, 1.54) is 12.1 Å². The third-order valence-corrected chi connectivity index (χ3v) is 5.17. The molecule has 2 aromatic rings. The number of piperidine rings is 1. The van der Waals surface area contributed by atoms with Gasteiger partial charge in [0.15, 0.2) is 0 Å². The van der Waals surface area contributed by atoms with E-state index in [1.54, 1.807) is 4.90 Å². The Morgan fingerprint density at radius 3 is 2.15 bits per heavy atom. The molecule has 0 saturated carbocycles. The zero-order chi connectivity index (χ0) is 24.4. The van der Waals surface area contributed by atoms with Crippen molar-refractivity contribution in [3.63, 3.8) is 0 Å². The quantitative estimate of drug-likeness (QED) is 0.617. The predicted octanol–water partition coefficient (Wildman–Crippen LogP) is 4.93. The monoisotopic (exact) mass is 474 g/mol. The summed E-state index contributed by atoms with van der Waals surface area (Å²) in [6.45, 7) is 1.78. The number of pyridine rings is 1. The van der Waals surface area contributed by atoms with Crippen LogP contribution in [0.25, 0.3) is 0 Å². The van der Waals surface area contributed by atoms with Crippen LogP contribution in [0.2, 0.25) is 0 Å². The Hall–Kier alpha value is -3.31. The zero-order valence-corrected chi connectivity index (χ0v) is 17.3. The molecule has 0 atom stereocenters. The number of carbonyl (C=O) groups is 2. The van der Waals surface area contributed by atoms with Crippen LogP contribution < -0.4 is 15.5 Å². The van der Waals surface area contributed by atoms with E-state index in [-0.39, 0.29) is 5.69 Å². The average Bonchev–Trinajstić information content (AvgIpc) is 2.73. The van der Waals surface area contributed by atoms with E-state index < -0.39 is 46.9 Å². The smallest absolute Gasteiger partial charge is 0.357 e. The molecule has 0 spiro atoms. The number of halogens is 6. The number of hydrogen-bond donors (Lipinski definition) is 2. The van der Waals surface area contributed by atoms with Gasteiger partial charge in [0.1, 0.15) is 5.82 Å². The van der Waals surface area contributed by atoms with Crippen molar-refractivity contribution in [2.45, 2.75) is 32.1 Å². The Balaban J connectivity index is 1.65. The molecule has 0 radical (unpaired) electrons. The number of aromatic nitrogens is 1. The lowest BCUT2D eigenvalue weighted by molar-refractivity contribution is -0.138. The first-order chi connectivity index (χ1) is 15.3. The third-order valence-electron chi connectivity index (χ3n) is 5.17. The summed E-state index contributed by atoms with van der Waals surface area (Å²) in [7, 11) is 0. The van der Waals surface area contributed by atoms with Crippen LogP contribution in [0.3, 0.4) is 0 Å². The second kappa shape index (κ2) is 9.28. The van der Waals surface area contributed by atoms with Gasteiger partial charge in [0.25, 0.3) is 0 Å². The first-order valence-corrected chi connectivity index (χ1v) is 9.92. The maximum Gasteiger partial charge on any atom is 0.418 e. The van der Waals surface area contributed by atoms with Crippen molar-refractivity contribution >= 4 is 29.0 Å². The SMILES string of the molecule is CC(=O)Nc1ccc(NC(=O)C2CCN(c3ccc(C(F)(F)F)cn3)CC2)c(C(F)(F)F)c1. The van der Waals surface area contributed by atoms with Gasteiger partial charge in [-0.05, 0) is 43.2 Å². The number of nitrogens with one attached hydrogen (secondary N) is 2. The summed E-state index contributed by atoms with van der Waals surface area (Å²) in [4.78, 5) is 29.3. The van der Waals surface area contributed by atoms with Gasteiger partial charge in [-0.15, -0.1) is 0 Å². The van der Waals surface area contributed by atoms with Gasteiger partial charge >= 0.3 is 12.4 Å². The normalized spacial score (nSPS) is 15.3. The van der Waals surface area contributed by atoms with Crippen molar-refractivity contribution in [3.8, 4) is 0 Å². The van der Waals surface area contributed by atoms with Crippen LogP contribution in [-0.2, 0) is 21.9 Å². The highest BCUT2D eigenvalue weighted by atomic mass is 19.4. The summed E-state index contributed by atoms with van der Waals surface area (Å²) in [5.41, 5.74) is -2.43. The fourth-order valence-electron chi connectivity index (χ4n) is 3.52. The number of anilines is 3. The van der Waals surface area contributed by atoms with Crippen LogP contribution in [0.4, 0.5) is 43.5 Å². The molecule has 0 unspecified atom stereocenters. The van der Waals surface area contributed by atoms with Gasteiger partial charge in [0, 0.05) is 37.8 Å². The molecule has 2 N–H and O–H groups in total. The first-order valence-electron chi connectivity index (χ1n) is 9.92. The maximum absolute atomic E-state index is 13.5. The van der Waals surface area contributed by atoms with Gasteiger partial charge in [-0.3, -0.25) is 9.59 Å². The molecule has 1 aromatic heterocycles. The largest absolute Gasteiger partial charge is 0.418 e. The van der Waals surface area contributed by atoms with E-state index >= 15 is 0 Å². The molecule has 1 aromatic carbocycles. The van der Waals surface area contributed by atoms with Gasteiger partial charge in [-0.1, -0.05) is 0 Å². The Labute approximate surface area is 185 Å². The second-order valence-corrected chi connectivity index (χ2v) is 7.59. The summed E-state index contributed by atoms with van der Waals surface area (Å²) < 4.78 is 78.4. The highest BCUT2D eigenvalue weighted by Gasteiger charge is 2.35. The Bertz CT molecular complexity index is 1010. The van der Waals surface area contributed by atoms with E-state index in [0.717, 1.165) is 31.3 Å². The topological polar surface area (TPSA) is 74.3 Å². The highest BCUT2D eigenvalue weighted by Crippen LogP contribution is 2.37. The molecule has 1 fully saturated rings. The molecule has 2 heterocycles. The lowest BCUT2D eigenvalue weighted by Gasteiger charge is -2.32. The molecule has 1 aliphatic rings. The third kappa shape index (κ3) is 6.14. The molecular weight excluding hydrogens is 454 g/mol. The van der Waals surface area contributed by atoms with Gasteiger partial charge in [0.2, 0.25) is 11.8 Å². The molecule has 2 amide bonds.